The predicted octanol–water partition coefficient (Wildman–Crippen LogP) is 0.989. The van der Waals surface area contributed by atoms with Crippen LogP contribution in [0.25, 0.3) is 10.4 Å². The second-order valence-corrected chi connectivity index (χ2v) is 1.89. The van der Waals surface area contributed by atoms with E-state index in [-0.39, 0.29) is 5.69 Å². The van der Waals surface area contributed by atoms with Crippen molar-refractivity contribution in [1.82, 2.24) is 9.59 Å². The van der Waals surface area contributed by atoms with Crippen LogP contribution in [0.15, 0.2) is 10.5 Å². The molecule has 0 aliphatic carbocycles. The standard InChI is InChI=1S/C3HN5OS/c4-7-6-3(9)2-1-10-8-5-2/h1H. The van der Waals surface area contributed by atoms with Crippen molar-refractivity contribution in [3.8, 4) is 0 Å². The second-order valence-electron chi connectivity index (χ2n) is 1.28. The molecular weight excluding hydrogens is 154 g/mol. The molecule has 0 aromatic carbocycles. The van der Waals surface area contributed by atoms with Gasteiger partial charge in [0.15, 0.2) is 0 Å². The first kappa shape index (κ1) is 6.66. The molecule has 0 radical (unpaired) electrons. The van der Waals surface area contributed by atoms with Crippen LogP contribution in [0.2, 0.25) is 0 Å². The van der Waals surface area contributed by atoms with E-state index in [9.17, 15) is 4.79 Å². The van der Waals surface area contributed by atoms with Gasteiger partial charge in [0.05, 0.1) is 0 Å². The Balaban J connectivity index is 2.87. The molecule has 0 atom stereocenters. The van der Waals surface area contributed by atoms with E-state index in [0.717, 1.165) is 11.5 Å². The third kappa shape index (κ3) is 1.28. The van der Waals surface area contributed by atoms with E-state index >= 15 is 0 Å². The Bertz CT molecular complexity index is 273. The lowest BCUT2D eigenvalue weighted by atomic mass is 10.5. The molecule has 1 heterocycles. The first-order chi connectivity index (χ1) is 4.84. The number of hydrogen-bond acceptors (Lipinski definition) is 4. The van der Waals surface area contributed by atoms with Gasteiger partial charge in [0, 0.05) is 10.3 Å². The highest BCUT2D eigenvalue weighted by molar-refractivity contribution is 7.03. The van der Waals surface area contributed by atoms with Crippen LogP contribution in [-0.4, -0.2) is 15.5 Å². The molecule has 0 bridgehead atoms. The molecule has 1 rings (SSSR count). The molecule has 1 amide bonds. The van der Waals surface area contributed by atoms with Crippen LogP contribution in [0.4, 0.5) is 0 Å². The fourth-order valence-corrected chi connectivity index (χ4v) is 0.780. The van der Waals surface area contributed by atoms with Crippen molar-refractivity contribution in [2.75, 3.05) is 0 Å². The molecule has 0 saturated carbocycles. The van der Waals surface area contributed by atoms with Gasteiger partial charge in [0.1, 0.15) is 5.69 Å². The molecule has 6 nitrogen and oxygen atoms in total. The minimum atomic E-state index is -0.698. The molecule has 0 spiro atoms. The van der Waals surface area contributed by atoms with Crippen LogP contribution in [0.3, 0.4) is 0 Å². The highest BCUT2D eigenvalue weighted by Crippen LogP contribution is 1.98. The summed E-state index contributed by atoms with van der Waals surface area (Å²) in [6.07, 6.45) is 0. The van der Waals surface area contributed by atoms with Gasteiger partial charge in [-0.15, -0.1) is 5.10 Å². The number of amides is 1. The van der Waals surface area contributed by atoms with Crippen molar-refractivity contribution in [2.24, 2.45) is 5.11 Å². The first-order valence-electron chi connectivity index (χ1n) is 2.21. The summed E-state index contributed by atoms with van der Waals surface area (Å²) < 4.78 is 3.41. The molecule has 1 aromatic rings. The van der Waals surface area contributed by atoms with Crippen LogP contribution >= 0.6 is 11.5 Å². The smallest absolute Gasteiger partial charge is 0.270 e. The van der Waals surface area contributed by atoms with E-state index in [4.69, 9.17) is 5.53 Å². The van der Waals surface area contributed by atoms with Gasteiger partial charge in [-0.05, 0) is 22.2 Å². The normalized spacial score (nSPS) is 8.40. The molecule has 0 fully saturated rings. The Kier molecular flexibility index (Phi) is 1.93. The number of azide groups is 1. The molecule has 50 valence electrons. The zero-order valence-corrected chi connectivity index (χ0v) is 5.45. The Labute approximate surface area is 59.3 Å². The molecule has 7 heteroatoms. The molecule has 0 aliphatic heterocycles. The van der Waals surface area contributed by atoms with Gasteiger partial charge in [-0.3, -0.25) is 4.79 Å². The molecular formula is C3HN5OS. The quantitative estimate of drug-likeness (QED) is 0.344. The minimum Gasteiger partial charge on any atom is -0.285 e. The molecule has 0 aliphatic rings. The lowest BCUT2D eigenvalue weighted by Crippen LogP contribution is -1.92. The third-order valence-corrected chi connectivity index (χ3v) is 1.22. The van der Waals surface area contributed by atoms with Crippen molar-refractivity contribution in [3.05, 3.63) is 21.5 Å². The molecule has 0 unspecified atom stereocenters. The number of hydrogen-bond donors (Lipinski definition) is 0. The van der Waals surface area contributed by atoms with E-state index in [1.165, 1.54) is 5.38 Å². The summed E-state index contributed by atoms with van der Waals surface area (Å²) in [5.74, 6) is -0.698. The zero-order valence-electron chi connectivity index (χ0n) is 4.63. The second kappa shape index (κ2) is 2.90. The highest BCUT2D eigenvalue weighted by atomic mass is 32.1. The lowest BCUT2D eigenvalue weighted by Gasteiger charge is -1.77. The largest absolute Gasteiger partial charge is 0.285 e. The monoisotopic (exact) mass is 155 g/mol. The van der Waals surface area contributed by atoms with Gasteiger partial charge < -0.3 is 0 Å². The summed E-state index contributed by atoms with van der Waals surface area (Å²) in [5.41, 5.74) is 7.91. The molecule has 10 heavy (non-hydrogen) atoms. The summed E-state index contributed by atoms with van der Waals surface area (Å²) in [6.45, 7) is 0. The fraction of sp³-hybridized carbons (Fsp3) is 0. The Morgan fingerprint density at radius 1 is 1.90 bits per heavy atom. The van der Waals surface area contributed by atoms with Crippen LogP contribution in [-0.2, 0) is 0 Å². The van der Waals surface area contributed by atoms with Crippen molar-refractivity contribution in [1.29, 1.82) is 0 Å². The van der Waals surface area contributed by atoms with Crippen LogP contribution in [0, 0.1) is 0 Å². The molecule has 0 N–H and O–H groups in total. The van der Waals surface area contributed by atoms with Crippen molar-refractivity contribution in [2.45, 2.75) is 0 Å². The maximum Gasteiger partial charge on any atom is 0.270 e. The third-order valence-electron chi connectivity index (χ3n) is 0.715. The minimum absolute atomic E-state index is 0.0859. The number of carbonyl (C=O) groups is 1. The maximum absolute atomic E-state index is 10.6. The Morgan fingerprint density at radius 3 is 3.20 bits per heavy atom. The van der Waals surface area contributed by atoms with E-state index < -0.39 is 5.91 Å². The summed E-state index contributed by atoms with van der Waals surface area (Å²) >= 11 is 1.03. The Hall–Kier alpha value is -1.46. The zero-order chi connectivity index (χ0) is 7.40. The first-order valence-corrected chi connectivity index (χ1v) is 3.04. The highest BCUT2D eigenvalue weighted by Gasteiger charge is 2.04. The van der Waals surface area contributed by atoms with E-state index in [1.807, 2.05) is 0 Å². The van der Waals surface area contributed by atoms with Crippen molar-refractivity contribution in [3.63, 3.8) is 0 Å². The summed E-state index contributed by atoms with van der Waals surface area (Å²) in [7, 11) is 0. The van der Waals surface area contributed by atoms with Gasteiger partial charge in [0.25, 0.3) is 5.91 Å². The topological polar surface area (TPSA) is 91.6 Å². The van der Waals surface area contributed by atoms with Crippen molar-refractivity contribution < 1.29 is 4.79 Å². The summed E-state index contributed by atoms with van der Waals surface area (Å²) in [6, 6.07) is 0. The predicted molar refractivity (Wildman–Crippen MR) is 33.4 cm³/mol. The average Bonchev–Trinajstić information content (AvgIpc) is 2.38. The maximum atomic E-state index is 10.6. The summed E-state index contributed by atoms with van der Waals surface area (Å²) in [4.78, 5) is 12.9. The average molecular weight is 155 g/mol. The van der Waals surface area contributed by atoms with Crippen molar-refractivity contribution >= 4 is 17.4 Å². The number of carbonyl (C=O) groups excluding carboxylic acids is 1. The van der Waals surface area contributed by atoms with E-state index in [0.29, 0.717) is 0 Å². The number of nitrogens with zero attached hydrogens (tertiary/aromatic N) is 5. The SMILES string of the molecule is [N-]=[N+]=NC(=O)c1csnn1. The number of aromatic nitrogens is 2. The van der Waals surface area contributed by atoms with E-state index in [2.05, 4.69) is 19.6 Å². The van der Waals surface area contributed by atoms with Gasteiger partial charge in [-0.25, -0.2) is 0 Å². The van der Waals surface area contributed by atoms with Crippen LogP contribution in [0.1, 0.15) is 10.5 Å². The van der Waals surface area contributed by atoms with Gasteiger partial charge in [0.2, 0.25) is 0 Å². The van der Waals surface area contributed by atoms with Crippen LogP contribution < -0.4 is 0 Å². The number of rotatable bonds is 1. The van der Waals surface area contributed by atoms with Crippen LogP contribution in [0.5, 0.6) is 0 Å². The van der Waals surface area contributed by atoms with E-state index in [1.54, 1.807) is 0 Å². The van der Waals surface area contributed by atoms with Gasteiger partial charge in [-0.1, -0.05) is 4.49 Å². The fourth-order valence-electron chi connectivity index (χ4n) is 0.350. The molecule has 1 aromatic heterocycles. The van der Waals surface area contributed by atoms with Gasteiger partial charge >= 0.3 is 0 Å². The molecule has 0 saturated heterocycles. The van der Waals surface area contributed by atoms with Gasteiger partial charge in [-0.2, -0.15) is 0 Å². The summed E-state index contributed by atoms with van der Waals surface area (Å²) in [5, 5.41) is 7.62. The lowest BCUT2D eigenvalue weighted by molar-refractivity contribution is 0.0995. The Morgan fingerprint density at radius 2 is 2.70 bits per heavy atom.